The van der Waals surface area contributed by atoms with Crippen molar-refractivity contribution in [1.82, 2.24) is 0 Å². The molecule has 1 aliphatic rings. The van der Waals surface area contributed by atoms with Crippen LogP contribution in [-0.2, 0) is 53.3 Å². The molecular weight excluding hydrogens is 751 g/mol. The zero-order valence-corrected chi connectivity index (χ0v) is 38.2. The van der Waals surface area contributed by atoms with Crippen molar-refractivity contribution in [3.8, 4) is 11.1 Å². The van der Waals surface area contributed by atoms with Crippen molar-refractivity contribution in [3.63, 3.8) is 0 Å². The van der Waals surface area contributed by atoms with Crippen molar-refractivity contribution in [3.05, 3.63) is 158 Å². The van der Waals surface area contributed by atoms with E-state index in [4.69, 9.17) is 0 Å². The molecule has 0 amide bonds. The summed E-state index contributed by atoms with van der Waals surface area (Å²) in [5.41, 5.74) is 20.1. The second-order valence-corrected chi connectivity index (χ2v) is 18.6. The molecule has 0 fully saturated rings. The fourth-order valence-corrected chi connectivity index (χ4v) is 7.63. The maximum atomic E-state index is 3.69. The minimum absolute atomic E-state index is 0. The van der Waals surface area contributed by atoms with Gasteiger partial charge < -0.3 is 24.8 Å². The first-order chi connectivity index (χ1) is 23.2. The molecule has 0 atom stereocenters. The van der Waals surface area contributed by atoms with Crippen LogP contribution in [0.4, 0.5) is 0 Å². The molecule has 0 heterocycles. The van der Waals surface area contributed by atoms with Crippen LogP contribution in [0.5, 0.6) is 0 Å². The summed E-state index contributed by atoms with van der Waals surface area (Å²) in [5.74, 6) is 0. The van der Waals surface area contributed by atoms with Crippen LogP contribution in [0.15, 0.2) is 84.9 Å². The summed E-state index contributed by atoms with van der Waals surface area (Å²) >= 11 is 1.46. The molecule has 3 heteroatoms. The quantitative estimate of drug-likeness (QED) is 0.170. The zero-order chi connectivity index (χ0) is 37.2. The predicted octanol–water partition coefficient (Wildman–Crippen LogP) is 6.96. The van der Waals surface area contributed by atoms with Crippen LogP contribution < -0.4 is 24.8 Å². The van der Waals surface area contributed by atoms with Crippen molar-refractivity contribution in [2.45, 2.75) is 126 Å². The first-order valence-electron chi connectivity index (χ1n) is 18.4. The van der Waals surface area contributed by atoms with Gasteiger partial charge in [-0.3, -0.25) is 0 Å². The van der Waals surface area contributed by atoms with Gasteiger partial charge in [-0.05, 0) is 35.4 Å². The third-order valence-electron chi connectivity index (χ3n) is 9.85. The second kappa shape index (κ2) is 18.3. The van der Waals surface area contributed by atoms with Crippen LogP contribution in [0.2, 0.25) is 0 Å². The topological polar surface area (TPSA) is 0 Å². The number of fused-ring (bicyclic) bond motifs is 3. The molecule has 0 saturated carbocycles. The first kappa shape index (κ1) is 45.7. The smallest absolute Gasteiger partial charge is 1.00 e. The molecule has 0 nitrogen and oxygen atoms in total. The molecule has 0 saturated heterocycles. The van der Waals surface area contributed by atoms with Gasteiger partial charge in [-0.1, -0.05) is 111 Å². The zero-order valence-electron chi connectivity index (χ0n) is 34.3. The monoisotopic (exact) mass is 808 g/mol. The molecule has 0 aromatic heterocycles. The molecule has 5 aromatic carbocycles. The van der Waals surface area contributed by atoms with E-state index >= 15 is 0 Å². The SMILES string of the molecule is CCc1cc(C(C)(C)C)c[cH-]1.Cc1[c-]c2c(cc1C(C)(C)C)-c1cc(C(C)(C)C)c(C)cc1C2.Cc1ccc([C](=[Zr+2])c2ccc(C)cc2)cc1.[Cl-].[Cl-]. The average molecular weight is 811 g/mol. The van der Waals surface area contributed by atoms with Crippen LogP contribution >= 0.6 is 0 Å². The maximum Gasteiger partial charge on any atom is -1.00 e. The number of hydrogen-bond donors (Lipinski definition) is 0. The fraction of sp³-hybridized carbons (Fsp3) is 0.388. The Labute approximate surface area is 344 Å². The first-order valence-corrected chi connectivity index (χ1v) is 19.6. The van der Waals surface area contributed by atoms with Crippen LogP contribution in [-0.4, -0.2) is 3.21 Å². The molecule has 5 aromatic rings. The molecule has 0 spiro atoms. The minimum atomic E-state index is 0. The van der Waals surface area contributed by atoms with E-state index in [2.05, 4.69) is 188 Å². The van der Waals surface area contributed by atoms with E-state index in [0.29, 0.717) is 5.41 Å². The third kappa shape index (κ3) is 11.5. The Hall–Kier alpha value is -2.44. The van der Waals surface area contributed by atoms with Gasteiger partial charge in [0.25, 0.3) is 0 Å². The fourth-order valence-electron chi connectivity index (χ4n) is 6.81. The standard InChI is InChI=1S/C23H29.C15H14.C11H17.2ClH.Zr/c1-14-9-16-11-17-10-15(2)21(23(6,7)8)13-19(17)18(16)12-20(14)22(3,4)5;1-12-3-7-14(8-4-12)11-15-9-5-13(2)6-10-15;1-5-9-6-7-10(8-9)11(2,3)4;;;/h9,12-13H,11H2,1-8H3;3-10H,1-2H3;6-8H,5H2,1-4H3;2*1H;/q-1;;-1;;;+2/p-2. The van der Waals surface area contributed by atoms with Gasteiger partial charge in [-0.15, -0.1) is 16.7 Å². The summed E-state index contributed by atoms with van der Waals surface area (Å²) in [7, 11) is 0. The van der Waals surface area contributed by atoms with Crippen molar-refractivity contribution in [2.24, 2.45) is 0 Å². The third-order valence-corrected chi connectivity index (χ3v) is 11.3. The van der Waals surface area contributed by atoms with Crippen molar-refractivity contribution >= 4 is 3.21 Å². The van der Waals surface area contributed by atoms with Crippen molar-refractivity contribution in [1.29, 1.82) is 0 Å². The molecule has 0 radical (unpaired) electrons. The summed E-state index contributed by atoms with van der Waals surface area (Å²) < 4.78 is 1.42. The van der Waals surface area contributed by atoms with Gasteiger partial charge in [0.2, 0.25) is 0 Å². The molecular formula is C49H60Cl2Zr-2. The Balaban J connectivity index is 0.000000283. The molecule has 0 unspecified atom stereocenters. The number of halogens is 2. The van der Waals surface area contributed by atoms with Crippen LogP contribution in [0.1, 0.15) is 136 Å². The molecule has 0 aliphatic heterocycles. The van der Waals surface area contributed by atoms with Gasteiger partial charge in [0, 0.05) is 0 Å². The van der Waals surface area contributed by atoms with Crippen LogP contribution in [0.3, 0.4) is 0 Å². The number of benzene rings is 4. The Morgan fingerprint density at radius 2 is 1.13 bits per heavy atom. The Morgan fingerprint density at radius 1 is 0.654 bits per heavy atom. The Morgan fingerprint density at radius 3 is 1.54 bits per heavy atom. The molecule has 0 N–H and O–H groups in total. The molecule has 276 valence electrons. The van der Waals surface area contributed by atoms with Gasteiger partial charge in [0.15, 0.2) is 0 Å². The van der Waals surface area contributed by atoms with Crippen molar-refractivity contribution < 1.29 is 49.0 Å². The van der Waals surface area contributed by atoms with E-state index in [0.717, 1.165) is 12.8 Å². The second-order valence-electron chi connectivity index (χ2n) is 17.4. The van der Waals surface area contributed by atoms with Gasteiger partial charge in [-0.25, -0.2) is 6.07 Å². The van der Waals surface area contributed by atoms with E-state index in [1.807, 2.05) is 0 Å². The number of rotatable bonds is 3. The summed E-state index contributed by atoms with van der Waals surface area (Å²) in [6.45, 7) is 31.4. The molecule has 0 bridgehead atoms. The Kier molecular flexibility index (Phi) is 16.1. The molecule has 1 aliphatic carbocycles. The maximum absolute atomic E-state index is 3.69. The average Bonchev–Trinajstić information content (AvgIpc) is 3.65. The van der Waals surface area contributed by atoms with Gasteiger partial charge in [0.05, 0.1) is 0 Å². The van der Waals surface area contributed by atoms with E-state index in [1.165, 1.54) is 105 Å². The minimum Gasteiger partial charge on any atom is -1.00 e. The van der Waals surface area contributed by atoms with Crippen LogP contribution in [0.25, 0.3) is 11.1 Å². The summed E-state index contributed by atoms with van der Waals surface area (Å²) in [4.78, 5) is 0. The van der Waals surface area contributed by atoms with E-state index in [9.17, 15) is 0 Å². The molecule has 52 heavy (non-hydrogen) atoms. The van der Waals surface area contributed by atoms with Gasteiger partial charge in [-0.2, -0.15) is 41.0 Å². The summed E-state index contributed by atoms with van der Waals surface area (Å²) in [5, 5.41) is 0. The number of aryl methyl sites for hydroxylation is 5. The normalized spacial score (nSPS) is 11.8. The Bertz CT molecular complexity index is 1820. The van der Waals surface area contributed by atoms with Gasteiger partial charge >= 0.3 is 112 Å². The van der Waals surface area contributed by atoms with E-state index < -0.39 is 0 Å². The van der Waals surface area contributed by atoms with E-state index in [-0.39, 0.29) is 35.6 Å². The number of hydrogen-bond acceptors (Lipinski definition) is 0. The molecule has 6 rings (SSSR count). The van der Waals surface area contributed by atoms with E-state index in [1.54, 1.807) is 0 Å². The van der Waals surface area contributed by atoms with Crippen LogP contribution in [0, 0.1) is 33.8 Å². The van der Waals surface area contributed by atoms with Crippen molar-refractivity contribution in [2.75, 3.05) is 0 Å². The summed E-state index contributed by atoms with van der Waals surface area (Å²) in [6, 6.07) is 35.2. The summed E-state index contributed by atoms with van der Waals surface area (Å²) in [6.07, 6.45) is 2.18. The predicted molar refractivity (Wildman–Crippen MR) is 216 cm³/mol. The largest absolute Gasteiger partial charge is 1.00 e. The van der Waals surface area contributed by atoms with Gasteiger partial charge in [0.1, 0.15) is 0 Å².